The van der Waals surface area contributed by atoms with Crippen molar-refractivity contribution in [2.75, 3.05) is 94.2 Å². The van der Waals surface area contributed by atoms with E-state index in [9.17, 15) is 27.6 Å². The number of nitrogens with zero attached hydrogens (tertiary/aromatic N) is 4. The van der Waals surface area contributed by atoms with Crippen LogP contribution >= 0.6 is 0 Å². The maximum atomic E-state index is 13.7. The van der Waals surface area contributed by atoms with E-state index in [0.29, 0.717) is 46.3 Å². The van der Waals surface area contributed by atoms with Gasteiger partial charge in [-0.05, 0) is 111 Å². The van der Waals surface area contributed by atoms with Gasteiger partial charge < -0.3 is 56.0 Å². The van der Waals surface area contributed by atoms with E-state index in [1.165, 1.54) is 16.5 Å². The molecule has 0 spiro atoms. The Kier molecular flexibility index (Phi) is 16.3. The van der Waals surface area contributed by atoms with E-state index < -0.39 is 12.7 Å². The Morgan fingerprint density at radius 2 is 1.54 bits per heavy atom. The first-order chi connectivity index (χ1) is 33.6. The van der Waals surface area contributed by atoms with E-state index in [1.54, 1.807) is 59.3 Å². The van der Waals surface area contributed by atoms with Crippen LogP contribution in [-0.4, -0.2) is 123 Å². The van der Waals surface area contributed by atoms with E-state index in [-0.39, 0.29) is 68.9 Å². The Bertz CT molecular complexity index is 2750. The number of hydrogen-bond donors (Lipinski definition) is 7. The van der Waals surface area contributed by atoms with Gasteiger partial charge in [0.05, 0.1) is 36.5 Å². The zero-order valence-electron chi connectivity index (χ0n) is 38.4. The van der Waals surface area contributed by atoms with E-state index >= 15 is 0 Å². The summed E-state index contributed by atoms with van der Waals surface area (Å²) >= 11 is 0. The molecule has 0 bridgehead atoms. The van der Waals surface area contributed by atoms with Crippen LogP contribution in [0.25, 0.3) is 21.9 Å². The molecule has 0 atom stereocenters. The minimum Gasteiger partial charge on any atom is -0.382 e. The molecule has 69 heavy (non-hydrogen) atoms. The van der Waals surface area contributed by atoms with Crippen LogP contribution in [0.3, 0.4) is 0 Å². The zero-order chi connectivity index (χ0) is 48.0. The Hall–Kier alpha value is -7.07. The van der Waals surface area contributed by atoms with Gasteiger partial charge in [0.1, 0.15) is 18.7 Å². The SMILES string of the molecule is O=C(Cn1ccc2cc(C(=O)NCCc3ccc(N4CCNCC4)cc3)cnc21)NCCOCCNC(=O)c1ccc(NCC#Cc2cc3c(NC4CCNCC4)cccc3n2CC(F)(F)F)cc1. The van der Waals surface area contributed by atoms with Gasteiger partial charge in [0.2, 0.25) is 5.91 Å². The number of benzene rings is 3. The Labute approximate surface area is 398 Å². The van der Waals surface area contributed by atoms with Crippen molar-refractivity contribution < 1.29 is 32.3 Å². The number of piperidine rings is 1. The molecular weight excluding hydrogens is 888 g/mol. The highest BCUT2D eigenvalue weighted by atomic mass is 19.4. The van der Waals surface area contributed by atoms with E-state index in [0.717, 1.165) is 68.7 Å². The first kappa shape index (κ1) is 48.4. The second-order valence-corrected chi connectivity index (χ2v) is 17.1. The normalized spacial score (nSPS) is 14.3. The summed E-state index contributed by atoms with van der Waals surface area (Å²) in [6.45, 7) is 6.33. The smallest absolute Gasteiger partial charge is 0.382 e. The van der Waals surface area contributed by atoms with Crippen molar-refractivity contribution in [2.45, 2.75) is 44.6 Å². The molecule has 15 nitrogen and oxygen atoms in total. The first-order valence-corrected chi connectivity index (χ1v) is 23.5. The molecule has 3 aromatic carbocycles. The van der Waals surface area contributed by atoms with Gasteiger partial charge in [-0.2, -0.15) is 13.2 Å². The van der Waals surface area contributed by atoms with E-state index in [4.69, 9.17) is 4.74 Å². The number of amides is 3. The number of fused-ring (bicyclic) bond motifs is 2. The predicted octanol–water partition coefficient (Wildman–Crippen LogP) is 5.13. The number of alkyl halides is 3. The molecule has 7 N–H and O–H groups in total. The van der Waals surface area contributed by atoms with Crippen LogP contribution in [0.15, 0.2) is 97.3 Å². The highest BCUT2D eigenvalue weighted by molar-refractivity contribution is 5.97. The third-order valence-electron chi connectivity index (χ3n) is 12.1. The second kappa shape index (κ2) is 23.3. The number of carbonyl (C=O) groups is 3. The van der Waals surface area contributed by atoms with Gasteiger partial charge in [0.15, 0.2) is 0 Å². The summed E-state index contributed by atoms with van der Waals surface area (Å²) in [5, 5.41) is 23.4. The van der Waals surface area contributed by atoms with E-state index in [2.05, 4.69) is 83.2 Å². The number of pyridine rings is 1. The molecule has 362 valence electrons. The van der Waals surface area contributed by atoms with Crippen molar-refractivity contribution >= 4 is 56.7 Å². The molecule has 5 heterocycles. The van der Waals surface area contributed by atoms with Gasteiger partial charge in [0.25, 0.3) is 11.8 Å². The van der Waals surface area contributed by atoms with Gasteiger partial charge in [-0.25, -0.2) is 4.98 Å². The Morgan fingerprint density at radius 1 is 0.812 bits per heavy atom. The fraction of sp³-hybridized carbons (Fsp3) is 0.373. The molecule has 2 aliphatic heterocycles. The van der Waals surface area contributed by atoms with Crippen LogP contribution in [0.4, 0.5) is 30.2 Å². The predicted molar refractivity (Wildman–Crippen MR) is 263 cm³/mol. The van der Waals surface area contributed by atoms with Crippen molar-refractivity contribution in [2.24, 2.45) is 0 Å². The number of ether oxygens (including phenoxy) is 1. The summed E-state index contributed by atoms with van der Waals surface area (Å²) in [5.41, 5.74) is 6.08. The molecule has 0 saturated carbocycles. The summed E-state index contributed by atoms with van der Waals surface area (Å²) < 4.78 is 49.6. The fourth-order valence-electron chi connectivity index (χ4n) is 8.53. The minimum absolute atomic E-state index is 0.0442. The number of nitrogens with one attached hydrogen (secondary N) is 7. The van der Waals surface area contributed by atoms with E-state index in [1.807, 2.05) is 12.1 Å². The standard InChI is InChI=1S/C51H58F3N11O4/c52-51(53,54)35-65-43(32-44-45(4-1-5-46(44)65)62-41-15-19-55-20-16-41)3-2-18-57-40-10-8-37(9-11-40)49(67)60-25-30-69-29-24-58-47(66)34-64-26-17-38-31-39(33-61-48(38)64)50(68)59-21-14-36-6-12-42(13-7-36)63-27-22-56-23-28-63/h1,4-13,17,26,31-33,41,55-57,62H,14-16,18-25,27-30,34-35H2,(H,58,66)(H,59,68)(H,60,67). The summed E-state index contributed by atoms with van der Waals surface area (Å²) in [5.74, 6) is 5.18. The summed E-state index contributed by atoms with van der Waals surface area (Å²) in [4.78, 5) is 45.2. The molecule has 2 aliphatic rings. The Balaban J connectivity index is 0.709. The topological polar surface area (TPSA) is 171 Å². The monoisotopic (exact) mass is 945 g/mol. The fourth-order valence-corrected chi connectivity index (χ4v) is 8.53. The number of rotatable bonds is 19. The maximum Gasteiger partial charge on any atom is 0.406 e. The van der Waals surface area contributed by atoms with Crippen molar-refractivity contribution in [3.63, 3.8) is 0 Å². The van der Waals surface area contributed by atoms with Gasteiger partial charge in [0, 0.05) is 97.6 Å². The number of carbonyl (C=O) groups excluding carboxylic acids is 3. The lowest BCUT2D eigenvalue weighted by atomic mass is 10.1. The van der Waals surface area contributed by atoms with Crippen molar-refractivity contribution in [3.05, 3.63) is 120 Å². The van der Waals surface area contributed by atoms with Crippen LogP contribution in [0.5, 0.6) is 0 Å². The molecule has 0 unspecified atom stereocenters. The molecule has 2 fully saturated rings. The quantitative estimate of drug-likeness (QED) is 0.0427. The molecule has 6 aromatic rings. The average molecular weight is 946 g/mol. The molecule has 0 radical (unpaired) electrons. The molecule has 3 aromatic heterocycles. The number of piperazine rings is 1. The van der Waals surface area contributed by atoms with Crippen LogP contribution in [0, 0.1) is 11.8 Å². The van der Waals surface area contributed by atoms with Gasteiger partial charge in [-0.3, -0.25) is 14.4 Å². The highest BCUT2D eigenvalue weighted by Gasteiger charge is 2.30. The summed E-state index contributed by atoms with van der Waals surface area (Å²) in [6.07, 6.45) is 1.44. The number of hydrogen-bond acceptors (Lipinski definition) is 10. The van der Waals surface area contributed by atoms with Gasteiger partial charge in [-0.15, -0.1) is 0 Å². The van der Waals surface area contributed by atoms with Crippen LogP contribution in [0.1, 0.15) is 44.8 Å². The number of halogens is 3. The van der Waals surface area contributed by atoms with Crippen molar-refractivity contribution in [3.8, 4) is 11.8 Å². The van der Waals surface area contributed by atoms with Crippen molar-refractivity contribution in [1.29, 1.82) is 0 Å². The zero-order valence-corrected chi connectivity index (χ0v) is 38.4. The number of anilines is 3. The van der Waals surface area contributed by atoms with Crippen LogP contribution in [0.2, 0.25) is 0 Å². The second-order valence-electron chi connectivity index (χ2n) is 17.1. The number of aromatic nitrogens is 3. The minimum atomic E-state index is -4.42. The maximum absolute atomic E-state index is 13.7. The average Bonchev–Trinajstić information content (AvgIpc) is 3.92. The first-order valence-electron chi connectivity index (χ1n) is 23.5. The molecule has 18 heteroatoms. The largest absolute Gasteiger partial charge is 0.406 e. The third kappa shape index (κ3) is 13.6. The lowest BCUT2D eigenvalue weighted by Gasteiger charge is -2.29. The molecular formula is C51H58F3N11O4. The summed E-state index contributed by atoms with van der Waals surface area (Å²) in [6, 6.07) is 26.2. The molecule has 8 rings (SSSR count). The third-order valence-corrected chi connectivity index (χ3v) is 12.1. The molecule has 0 aliphatic carbocycles. The van der Waals surface area contributed by atoms with Crippen molar-refractivity contribution in [1.82, 2.24) is 40.7 Å². The molecule has 2 saturated heterocycles. The highest BCUT2D eigenvalue weighted by Crippen LogP contribution is 2.31. The Morgan fingerprint density at radius 3 is 2.30 bits per heavy atom. The summed E-state index contributed by atoms with van der Waals surface area (Å²) in [7, 11) is 0. The van der Waals surface area contributed by atoms with Crippen LogP contribution in [-0.2, 0) is 29.0 Å². The molecule has 3 amide bonds. The lowest BCUT2D eigenvalue weighted by molar-refractivity contribution is -0.140. The van der Waals surface area contributed by atoms with Crippen LogP contribution < -0.4 is 42.1 Å². The van der Waals surface area contributed by atoms with Gasteiger partial charge >= 0.3 is 6.18 Å². The lowest BCUT2D eigenvalue weighted by Crippen LogP contribution is -2.43. The van der Waals surface area contributed by atoms with Gasteiger partial charge in [-0.1, -0.05) is 24.1 Å².